The second-order valence-corrected chi connectivity index (χ2v) is 7.69. The summed E-state index contributed by atoms with van der Waals surface area (Å²) in [4.78, 5) is 0. The molecule has 0 aliphatic heterocycles. The van der Waals surface area contributed by atoms with Crippen LogP contribution in [0, 0.1) is 27.7 Å². The highest BCUT2D eigenvalue weighted by atomic mass is 14.1. The Kier molecular flexibility index (Phi) is 4.88. The fourth-order valence-corrected chi connectivity index (χ4v) is 3.92. The van der Waals surface area contributed by atoms with Crippen LogP contribution >= 0.6 is 0 Å². The summed E-state index contributed by atoms with van der Waals surface area (Å²) in [6, 6.07) is 30.4. The lowest BCUT2D eigenvalue weighted by Crippen LogP contribution is -1.83. The van der Waals surface area contributed by atoms with Crippen molar-refractivity contribution in [3.63, 3.8) is 0 Å². The van der Waals surface area contributed by atoms with E-state index in [1.807, 2.05) is 0 Å². The van der Waals surface area contributed by atoms with E-state index in [-0.39, 0.29) is 0 Å². The zero-order valence-electron chi connectivity index (χ0n) is 17.1. The first-order valence-electron chi connectivity index (χ1n) is 9.88. The lowest BCUT2D eigenvalue weighted by molar-refractivity contribution is 1.46. The zero-order chi connectivity index (χ0) is 19.7. The lowest BCUT2D eigenvalue weighted by atomic mass is 9.97. The molecule has 0 unspecified atom stereocenters. The Hall–Kier alpha value is -3.12. The molecule has 0 amide bonds. The first-order valence-corrected chi connectivity index (χ1v) is 9.88. The number of hydrogen-bond donors (Lipinski definition) is 0. The summed E-state index contributed by atoms with van der Waals surface area (Å²) in [6.07, 6.45) is 0. The molecule has 5 aromatic carbocycles. The number of rotatable bonds is 0. The van der Waals surface area contributed by atoms with Crippen LogP contribution in [0.15, 0.2) is 84.9 Å². The predicted octanol–water partition coefficient (Wildman–Crippen LogP) is 8.07. The van der Waals surface area contributed by atoms with Gasteiger partial charge in [-0.2, -0.15) is 0 Å². The molecule has 0 saturated carbocycles. The van der Waals surface area contributed by atoms with Crippen LogP contribution in [-0.4, -0.2) is 0 Å². The number of fused-ring (bicyclic) bond motifs is 3. The normalized spacial score (nSPS) is 10.9. The quantitative estimate of drug-likeness (QED) is 0.244. The third-order valence-electron chi connectivity index (χ3n) is 5.68. The van der Waals surface area contributed by atoms with Crippen LogP contribution in [0.3, 0.4) is 0 Å². The molecular weight excluding hydrogens is 336 g/mol. The van der Waals surface area contributed by atoms with Gasteiger partial charge >= 0.3 is 0 Å². The largest absolute Gasteiger partial charge is 0.0616 e. The van der Waals surface area contributed by atoms with E-state index in [4.69, 9.17) is 0 Å². The number of benzene rings is 5. The van der Waals surface area contributed by atoms with Crippen LogP contribution in [0.4, 0.5) is 0 Å². The van der Waals surface area contributed by atoms with E-state index in [1.54, 1.807) is 0 Å². The first-order chi connectivity index (χ1) is 13.5. The highest BCUT2D eigenvalue weighted by molar-refractivity contribution is 6.00. The predicted molar refractivity (Wildman–Crippen MR) is 124 cm³/mol. The molecule has 28 heavy (non-hydrogen) atoms. The van der Waals surface area contributed by atoms with Gasteiger partial charge < -0.3 is 0 Å². The van der Waals surface area contributed by atoms with Crippen molar-refractivity contribution in [3.05, 3.63) is 107 Å². The Balaban J connectivity index is 0.000000143. The molecular formula is C28H26. The smallest absolute Gasteiger partial charge is 0.0146 e. The summed E-state index contributed by atoms with van der Waals surface area (Å²) in [5, 5.41) is 8.14. The maximum absolute atomic E-state index is 2.30. The van der Waals surface area contributed by atoms with Gasteiger partial charge in [-0.15, -0.1) is 0 Å². The Labute approximate surface area is 167 Å². The monoisotopic (exact) mass is 362 g/mol. The van der Waals surface area contributed by atoms with Crippen molar-refractivity contribution in [3.8, 4) is 0 Å². The van der Waals surface area contributed by atoms with Crippen LogP contribution in [0.25, 0.3) is 32.3 Å². The average molecular weight is 363 g/mol. The lowest BCUT2D eigenvalue weighted by Gasteiger charge is -2.07. The van der Waals surface area contributed by atoms with Crippen molar-refractivity contribution < 1.29 is 0 Å². The average Bonchev–Trinajstić information content (AvgIpc) is 2.73. The molecule has 0 spiro atoms. The van der Waals surface area contributed by atoms with E-state index in [9.17, 15) is 0 Å². The van der Waals surface area contributed by atoms with Gasteiger partial charge in [0, 0.05) is 0 Å². The van der Waals surface area contributed by atoms with Gasteiger partial charge in [0.2, 0.25) is 0 Å². The van der Waals surface area contributed by atoms with E-state index in [0.29, 0.717) is 0 Å². The Morgan fingerprint density at radius 2 is 0.679 bits per heavy atom. The molecule has 138 valence electrons. The molecule has 0 aromatic heterocycles. The topological polar surface area (TPSA) is 0 Å². The van der Waals surface area contributed by atoms with Gasteiger partial charge in [0.05, 0.1) is 0 Å². The highest BCUT2D eigenvalue weighted by Gasteiger charge is 2.02. The highest BCUT2D eigenvalue weighted by Crippen LogP contribution is 2.27. The standard InChI is InChI=1S/C16H14.C12H12/c1-11-7-8-12(2)16-10-14-6-4-3-5-13(14)9-15(11)16;1-9-7-8-10(2)12-6-4-3-5-11(9)12/h3-10H,1-2H3;3-8H,1-2H3. The van der Waals surface area contributed by atoms with Crippen LogP contribution < -0.4 is 0 Å². The molecule has 0 nitrogen and oxygen atoms in total. The second-order valence-electron chi connectivity index (χ2n) is 7.69. The maximum Gasteiger partial charge on any atom is -0.0146 e. The van der Waals surface area contributed by atoms with Gasteiger partial charge in [0.25, 0.3) is 0 Å². The van der Waals surface area contributed by atoms with E-state index in [0.717, 1.165) is 0 Å². The minimum Gasteiger partial charge on any atom is -0.0616 e. The summed E-state index contributed by atoms with van der Waals surface area (Å²) in [5.74, 6) is 0. The molecule has 0 saturated heterocycles. The van der Waals surface area contributed by atoms with Crippen molar-refractivity contribution >= 4 is 32.3 Å². The van der Waals surface area contributed by atoms with Crippen LogP contribution in [0.5, 0.6) is 0 Å². The number of aryl methyl sites for hydroxylation is 4. The Morgan fingerprint density at radius 3 is 1.07 bits per heavy atom. The fraction of sp³-hybridized carbons (Fsp3) is 0.143. The third-order valence-corrected chi connectivity index (χ3v) is 5.68. The van der Waals surface area contributed by atoms with E-state index >= 15 is 0 Å². The fourth-order valence-electron chi connectivity index (χ4n) is 3.92. The molecule has 0 N–H and O–H groups in total. The molecule has 5 aromatic rings. The second kappa shape index (κ2) is 7.48. The molecule has 0 atom stereocenters. The van der Waals surface area contributed by atoms with Crippen molar-refractivity contribution in [2.75, 3.05) is 0 Å². The Bertz CT molecular complexity index is 1190. The molecule has 0 aliphatic carbocycles. The van der Waals surface area contributed by atoms with E-state index in [1.165, 1.54) is 54.6 Å². The van der Waals surface area contributed by atoms with E-state index < -0.39 is 0 Å². The minimum atomic E-state index is 1.32. The summed E-state index contributed by atoms with van der Waals surface area (Å²) >= 11 is 0. The van der Waals surface area contributed by atoms with Crippen LogP contribution in [0.1, 0.15) is 22.3 Å². The van der Waals surface area contributed by atoms with Crippen molar-refractivity contribution in [1.82, 2.24) is 0 Å². The van der Waals surface area contributed by atoms with Crippen molar-refractivity contribution in [1.29, 1.82) is 0 Å². The molecule has 0 heterocycles. The van der Waals surface area contributed by atoms with Crippen molar-refractivity contribution in [2.45, 2.75) is 27.7 Å². The molecule has 0 fully saturated rings. The van der Waals surface area contributed by atoms with E-state index in [2.05, 4.69) is 113 Å². The van der Waals surface area contributed by atoms with Crippen molar-refractivity contribution in [2.24, 2.45) is 0 Å². The number of hydrogen-bond acceptors (Lipinski definition) is 0. The maximum atomic E-state index is 2.30. The van der Waals surface area contributed by atoms with Gasteiger partial charge in [0.15, 0.2) is 0 Å². The van der Waals surface area contributed by atoms with Crippen LogP contribution in [0.2, 0.25) is 0 Å². The van der Waals surface area contributed by atoms with Gasteiger partial charge in [0.1, 0.15) is 0 Å². The van der Waals surface area contributed by atoms with Crippen LogP contribution in [-0.2, 0) is 0 Å². The molecule has 0 heteroatoms. The summed E-state index contributed by atoms with van der Waals surface area (Å²) in [5.41, 5.74) is 5.42. The summed E-state index contributed by atoms with van der Waals surface area (Å²) in [6.45, 7) is 8.66. The SMILES string of the molecule is Cc1ccc(C)c2cc3ccccc3cc12.Cc1ccc(C)c2ccccc12. The Morgan fingerprint density at radius 1 is 0.357 bits per heavy atom. The summed E-state index contributed by atoms with van der Waals surface area (Å²) in [7, 11) is 0. The first kappa shape index (κ1) is 18.3. The van der Waals surface area contributed by atoms with Gasteiger partial charge in [-0.05, 0) is 94.4 Å². The molecule has 0 aliphatic rings. The minimum absolute atomic E-state index is 1.32. The van der Waals surface area contributed by atoms with Gasteiger partial charge in [-0.3, -0.25) is 0 Å². The molecule has 0 radical (unpaired) electrons. The van der Waals surface area contributed by atoms with Gasteiger partial charge in [-0.25, -0.2) is 0 Å². The summed E-state index contributed by atoms with van der Waals surface area (Å²) < 4.78 is 0. The molecule has 5 rings (SSSR count). The van der Waals surface area contributed by atoms with Gasteiger partial charge in [-0.1, -0.05) is 72.8 Å². The zero-order valence-corrected chi connectivity index (χ0v) is 17.1. The third kappa shape index (κ3) is 3.39. The molecule has 0 bridgehead atoms.